The molecule has 160 valence electrons. The number of aromatic nitrogens is 5. The number of halogens is 2. The van der Waals surface area contributed by atoms with Crippen molar-refractivity contribution in [2.24, 2.45) is 0 Å². The Labute approximate surface area is 171 Å². The molecule has 1 unspecified atom stereocenters. The van der Waals surface area contributed by atoms with Crippen LogP contribution in [0.5, 0.6) is 5.88 Å². The lowest BCUT2D eigenvalue weighted by molar-refractivity contribution is -0.0425. The van der Waals surface area contributed by atoms with Gasteiger partial charge in [-0.3, -0.25) is 9.58 Å². The van der Waals surface area contributed by atoms with Crippen LogP contribution in [0.15, 0.2) is 31.2 Å². The number of aliphatic hydroxyl groups is 1. The van der Waals surface area contributed by atoms with E-state index in [1.165, 1.54) is 6.08 Å². The zero-order chi connectivity index (χ0) is 21.3. The molecule has 3 aromatic rings. The molecule has 3 N–H and O–H groups in total. The zero-order valence-corrected chi connectivity index (χ0v) is 16.4. The Hall–Kier alpha value is -3.05. The number of aryl methyl sites for hydroxylation is 1. The fourth-order valence-corrected chi connectivity index (χ4v) is 3.39. The molecule has 1 aliphatic heterocycles. The lowest BCUT2D eigenvalue weighted by Gasteiger charge is -2.36. The molecule has 11 heteroatoms. The standard InChI is InChI=1S/C19H23F2N7O2/c1-3-15(29)27-6-5-12(20)14(10-27)30-18-16-13(21)8-22-17(16)25-19(26-18)24-11-7-23-28(4-2)9-11/h3,7-9,12,14-15,29H,1,4-6,10H2,2H3,(H2,22,24,25,26)/t12-,14+,15?/m0/s1. The summed E-state index contributed by atoms with van der Waals surface area (Å²) < 4.78 is 36.4. The van der Waals surface area contributed by atoms with Crippen LogP contribution < -0.4 is 10.1 Å². The fourth-order valence-electron chi connectivity index (χ4n) is 3.39. The minimum Gasteiger partial charge on any atom is -0.469 e. The van der Waals surface area contributed by atoms with Crippen molar-refractivity contribution in [1.29, 1.82) is 0 Å². The summed E-state index contributed by atoms with van der Waals surface area (Å²) in [5.74, 6) is -0.518. The lowest BCUT2D eigenvalue weighted by Crippen LogP contribution is -2.51. The molecule has 0 saturated carbocycles. The SMILES string of the molecule is C=CC(O)N1CC[C@H](F)[C@H](Oc2nc(Nc3cnn(CC)c3)nc3[nH]cc(F)c23)C1. The second kappa shape index (κ2) is 8.36. The summed E-state index contributed by atoms with van der Waals surface area (Å²) in [6.07, 6.45) is 2.93. The number of alkyl halides is 1. The molecule has 3 atom stereocenters. The van der Waals surface area contributed by atoms with Gasteiger partial charge in [0.15, 0.2) is 5.82 Å². The van der Waals surface area contributed by atoms with E-state index in [0.29, 0.717) is 18.8 Å². The summed E-state index contributed by atoms with van der Waals surface area (Å²) in [7, 11) is 0. The molecule has 0 aromatic carbocycles. The maximum absolute atomic E-state index is 14.6. The summed E-state index contributed by atoms with van der Waals surface area (Å²) >= 11 is 0. The van der Waals surface area contributed by atoms with Crippen LogP contribution in [0.3, 0.4) is 0 Å². The number of hydrogen-bond acceptors (Lipinski definition) is 7. The monoisotopic (exact) mass is 419 g/mol. The third-order valence-corrected chi connectivity index (χ3v) is 5.02. The van der Waals surface area contributed by atoms with Gasteiger partial charge in [0.25, 0.3) is 0 Å². The molecule has 1 saturated heterocycles. The molecule has 4 heterocycles. The molecule has 4 rings (SSSR count). The van der Waals surface area contributed by atoms with Gasteiger partial charge in [-0.1, -0.05) is 6.58 Å². The first-order valence-corrected chi connectivity index (χ1v) is 9.68. The first-order chi connectivity index (χ1) is 14.5. The van der Waals surface area contributed by atoms with Crippen molar-refractivity contribution < 1.29 is 18.6 Å². The van der Waals surface area contributed by atoms with Crippen LogP contribution in [-0.2, 0) is 6.54 Å². The minimum atomic E-state index is -1.29. The van der Waals surface area contributed by atoms with Crippen molar-refractivity contribution in [2.45, 2.75) is 38.4 Å². The predicted molar refractivity (Wildman–Crippen MR) is 107 cm³/mol. The van der Waals surface area contributed by atoms with Crippen LogP contribution in [0.2, 0.25) is 0 Å². The largest absolute Gasteiger partial charge is 0.469 e. The maximum Gasteiger partial charge on any atom is 0.232 e. The third kappa shape index (κ3) is 3.98. The van der Waals surface area contributed by atoms with E-state index in [2.05, 4.69) is 31.9 Å². The third-order valence-electron chi connectivity index (χ3n) is 5.02. The second-order valence-electron chi connectivity index (χ2n) is 7.03. The average Bonchev–Trinajstić information content (AvgIpc) is 3.35. The summed E-state index contributed by atoms with van der Waals surface area (Å²) in [5, 5.41) is 17.2. The Balaban J connectivity index is 1.63. The summed E-state index contributed by atoms with van der Waals surface area (Å²) in [6, 6.07) is 0. The Morgan fingerprint density at radius 3 is 3.07 bits per heavy atom. The van der Waals surface area contributed by atoms with E-state index in [9.17, 15) is 13.9 Å². The van der Waals surface area contributed by atoms with Gasteiger partial charge in [0.2, 0.25) is 11.8 Å². The van der Waals surface area contributed by atoms with Crippen molar-refractivity contribution in [3.05, 3.63) is 37.1 Å². The van der Waals surface area contributed by atoms with Gasteiger partial charge >= 0.3 is 0 Å². The number of likely N-dealkylation sites (tertiary alicyclic amines) is 1. The Bertz CT molecular complexity index is 1040. The highest BCUT2D eigenvalue weighted by atomic mass is 19.1. The molecule has 0 aliphatic carbocycles. The summed E-state index contributed by atoms with van der Waals surface area (Å²) in [6.45, 7) is 6.68. The highest BCUT2D eigenvalue weighted by molar-refractivity contribution is 5.83. The van der Waals surface area contributed by atoms with E-state index in [0.717, 1.165) is 6.20 Å². The first kappa shape index (κ1) is 20.2. The van der Waals surface area contributed by atoms with Crippen molar-refractivity contribution in [2.75, 3.05) is 18.4 Å². The number of H-pyrrole nitrogens is 1. The van der Waals surface area contributed by atoms with Crippen molar-refractivity contribution in [3.63, 3.8) is 0 Å². The highest BCUT2D eigenvalue weighted by Gasteiger charge is 2.34. The lowest BCUT2D eigenvalue weighted by atomic mass is 10.1. The quantitative estimate of drug-likeness (QED) is 0.505. The Kier molecular flexibility index (Phi) is 5.64. The predicted octanol–water partition coefficient (Wildman–Crippen LogP) is 2.35. The van der Waals surface area contributed by atoms with Gasteiger partial charge in [-0.2, -0.15) is 15.1 Å². The number of rotatable bonds is 7. The number of piperidine rings is 1. The van der Waals surface area contributed by atoms with Gasteiger partial charge in [0.1, 0.15) is 29.5 Å². The zero-order valence-electron chi connectivity index (χ0n) is 16.4. The fraction of sp³-hybridized carbons (Fsp3) is 0.421. The molecule has 1 fully saturated rings. The molecule has 0 radical (unpaired) electrons. The summed E-state index contributed by atoms with van der Waals surface area (Å²) in [5.41, 5.74) is 0.868. The molecule has 1 aliphatic rings. The maximum atomic E-state index is 14.6. The number of hydrogen-bond donors (Lipinski definition) is 3. The molecule has 0 bridgehead atoms. The topological polar surface area (TPSA) is 104 Å². The summed E-state index contributed by atoms with van der Waals surface area (Å²) in [4.78, 5) is 12.9. The van der Waals surface area contributed by atoms with Crippen LogP contribution >= 0.6 is 0 Å². The number of nitrogens with zero attached hydrogens (tertiary/aromatic N) is 5. The molecular weight excluding hydrogens is 396 g/mol. The van der Waals surface area contributed by atoms with Crippen molar-refractivity contribution in [3.8, 4) is 5.88 Å². The van der Waals surface area contributed by atoms with Crippen LogP contribution in [0.4, 0.5) is 20.4 Å². The van der Waals surface area contributed by atoms with Gasteiger partial charge in [-0.15, -0.1) is 0 Å². The van der Waals surface area contributed by atoms with Gasteiger partial charge in [-0.25, -0.2) is 8.78 Å². The number of aliphatic hydroxyl groups excluding tert-OH is 1. The van der Waals surface area contributed by atoms with Crippen LogP contribution in [0, 0.1) is 5.82 Å². The normalized spacial score (nSPS) is 20.9. The number of anilines is 2. The number of nitrogens with one attached hydrogen (secondary N) is 2. The van der Waals surface area contributed by atoms with Gasteiger partial charge in [-0.05, 0) is 19.4 Å². The highest BCUT2D eigenvalue weighted by Crippen LogP contribution is 2.30. The second-order valence-corrected chi connectivity index (χ2v) is 7.03. The van der Waals surface area contributed by atoms with Crippen LogP contribution in [0.1, 0.15) is 13.3 Å². The van der Waals surface area contributed by atoms with Crippen LogP contribution in [0.25, 0.3) is 11.0 Å². The van der Waals surface area contributed by atoms with E-state index in [-0.39, 0.29) is 35.8 Å². The first-order valence-electron chi connectivity index (χ1n) is 9.68. The smallest absolute Gasteiger partial charge is 0.232 e. The molecular formula is C19H23F2N7O2. The number of fused-ring (bicyclic) bond motifs is 1. The van der Waals surface area contributed by atoms with Gasteiger partial charge in [0.05, 0.1) is 11.9 Å². The van der Waals surface area contributed by atoms with Crippen molar-refractivity contribution in [1.82, 2.24) is 29.6 Å². The Morgan fingerprint density at radius 2 is 2.33 bits per heavy atom. The minimum absolute atomic E-state index is 0.0402. The van der Waals surface area contributed by atoms with E-state index in [1.54, 1.807) is 22.0 Å². The molecule has 0 spiro atoms. The van der Waals surface area contributed by atoms with Crippen molar-refractivity contribution >= 4 is 22.7 Å². The van der Waals surface area contributed by atoms with E-state index in [1.807, 2.05) is 6.92 Å². The van der Waals surface area contributed by atoms with Gasteiger partial charge < -0.3 is 20.1 Å². The van der Waals surface area contributed by atoms with Crippen LogP contribution in [-0.4, -0.2) is 66.3 Å². The van der Waals surface area contributed by atoms with E-state index in [4.69, 9.17) is 4.74 Å². The molecule has 30 heavy (non-hydrogen) atoms. The van der Waals surface area contributed by atoms with Gasteiger partial charge in [0, 0.05) is 32.0 Å². The average molecular weight is 419 g/mol. The molecule has 3 aromatic heterocycles. The molecule has 0 amide bonds. The Morgan fingerprint density at radius 1 is 1.50 bits per heavy atom. The number of ether oxygens (including phenoxy) is 1. The molecule has 9 nitrogen and oxygen atoms in total. The van der Waals surface area contributed by atoms with E-state index >= 15 is 0 Å². The number of aromatic amines is 1. The van der Waals surface area contributed by atoms with E-state index < -0.39 is 24.3 Å².